The van der Waals surface area contributed by atoms with Crippen molar-refractivity contribution in [1.29, 1.82) is 0 Å². The zero-order valence-electron chi connectivity index (χ0n) is 19.9. The molecule has 1 aliphatic carbocycles. The van der Waals surface area contributed by atoms with E-state index in [0.717, 1.165) is 41.0 Å². The van der Waals surface area contributed by atoms with E-state index in [9.17, 15) is 4.79 Å². The van der Waals surface area contributed by atoms with Crippen molar-refractivity contribution in [3.8, 4) is 28.4 Å². The second-order valence-corrected chi connectivity index (χ2v) is 10.8. The minimum absolute atomic E-state index is 0.168. The summed E-state index contributed by atoms with van der Waals surface area (Å²) in [6.45, 7) is 6.20. The van der Waals surface area contributed by atoms with Gasteiger partial charge in [0, 0.05) is 39.8 Å². The van der Waals surface area contributed by atoms with Gasteiger partial charge in [-0.05, 0) is 69.4 Å². The van der Waals surface area contributed by atoms with E-state index in [1.807, 2.05) is 26.8 Å². The van der Waals surface area contributed by atoms with Gasteiger partial charge in [0.2, 0.25) is 0 Å². The van der Waals surface area contributed by atoms with E-state index in [1.165, 1.54) is 0 Å². The molecule has 2 aliphatic rings. The quantitative estimate of drug-likeness (QED) is 0.411. The third-order valence-corrected chi connectivity index (χ3v) is 7.00. The van der Waals surface area contributed by atoms with Gasteiger partial charge in [-0.15, -0.1) is 0 Å². The molecule has 0 N–H and O–H groups in total. The number of fused-ring (bicyclic) bond motifs is 3. The summed E-state index contributed by atoms with van der Waals surface area (Å²) < 4.78 is 13.6. The minimum atomic E-state index is -0.368. The zero-order valence-corrected chi connectivity index (χ0v) is 21.4. The first-order valence-electron chi connectivity index (χ1n) is 11.3. The molecule has 5 rings (SSSR count). The lowest BCUT2D eigenvalue weighted by atomic mass is 9.97. The summed E-state index contributed by atoms with van der Waals surface area (Å²) in [5.41, 5.74) is 4.26. The average Bonchev–Trinajstić information content (AvgIpc) is 3.55. The monoisotopic (exact) mass is 499 g/mol. The third-order valence-electron chi connectivity index (χ3n) is 6.57. The topological polar surface area (TPSA) is 56.6 Å². The summed E-state index contributed by atoms with van der Waals surface area (Å²) >= 11 is 12.7. The number of amides is 1. The predicted octanol–water partition coefficient (Wildman–Crippen LogP) is 6.50. The summed E-state index contributed by atoms with van der Waals surface area (Å²) in [4.78, 5) is 15.3. The molecule has 0 atom stereocenters. The maximum absolute atomic E-state index is 13.6. The van der Waals surface area contributed by atoms with E-state index in [-0.39, 0.29) is 18.1 Å². The summed E-state index contributed by atoms with van der Waals surface area (Å²) in [5.74, 6) is 1.82. The number of aromatic nitrogens is 2. The molecule has 0 bridgehead atoms. The lowest BCUT2D eigenvalue weighted by Gasteiger charge is -2.31. The molecule has 34 heavy (non-hydrogen) atoms. The Labute approximate surface area is 209 Å². The van der Waals surface area contributed by atoms with Crippen molar-refractivity contribution in [1.82, 2.24) is 14.7 Å². The highest BCUT2D eigenvalue weighted by molar-refractivity contribution is 6.34. The van der Waals surface area contributed by atoms with Crippen LogP contribution in [-0.2, 0) is 6.61 Å². The van der Waals surface area contributed by atoms with Crippen molar-refractivity contribution in [2.24, 2.45) is 0 Å². The van der Waals surface area contributed by atoms with Crippen LogP contribution in [0.4, 0.5) is 0 Å². The normalized spacial score (nSPS) is 14.8. The molecule has 178 valence electrons. The molecule has 1 saturated carbocycles. The molecule has 1 aliphatic heterocycles. The molecule has 3 aromatic rings. The number of hydrogen-bond acceptors (Lipinski definition) is 4. The molecule has 0 unspecified atom stereocenters. The number of rotatable bonds is 4. The Balaban J connectivity index is 1.76. The smallest absolute Gasteiger partial charge is 0.274 e. The van der Waals surface area contributed by atoms with Crippen LogP contribution in [0.5, 0.6) is 11.5 Å². The van der Waals surface area contributed by atoms with E-state index < -0.39 is 0 Å². The summed E-state index contributed by atoms with van der Waals surface area (Å²) in [6.07, 6.45) is 2.26. The Kier molecular flexibility index (Phi) is 5.57. The van der Waals surface area contributed by atoms with Crippen molar-refractivity contribution < 1.29 is 14.3 Å². The van der Waals surface area contributed by atoms with Crippen LogP contribution in [0, 0.1) is 0 Å². The highest BCUT2D eigenvalue weighted by Crippen LogP contribution is 2.50. The van der Waals surface area contributed by atoms with Crippen molar-refractivity contribution in [3.05, 3.63) is 57.2 Å². The van der Waals surface area contributed by atoms with Crippen LogP contribution in [-0.4, -0.2) is 40.3 Å². The van der Waals surface area contributed by atoms with Gasteiger partial charge in [0.25, 0.3) is 5.91 Å². The van der Waals surface area contributed by atoms with E-state index >= 15 is 0 Å². The predicted molar refractivity (Wildman–Crippen MR) is 134 cm³/mol. The van der Waals surface area contributed by atoms with Crippen LogP contribution >= 0.6 is 23.2 Å². The van der Waals surface area contributed by atoms with E-state index in [1.54, 1.807) is 41.9 Å². The molecule has 1 aromatic heterocycles. The second kappa shape index (κ2) is 8.21. The Morgan fingerprint density at radius 1 is 1.15 bits per heavy atom. The number of nitrogens with zero attached hydrogens (tertiary/aromatic N) is 3. The zero-order chi connectivity index (χ0) is 24.4. The van der Waals surface area contributed by atoms with Gasteiger partial charge in [-0.25, -0.2) is 4.68 Å². The van der Waals surface area contributed by atoms with E-state index in [0.29, 0.717) is 33.1 Å². The average molecular weight is 500 g/mol. The Morgan fingerprint density at radius 3 is 2.41 bits per heavy atom. The summed E-state index contributed by atoms with van der Waals surface area (Å²) in [6, 6.07) is 9.33. The van der Waals surface area contributed by atoms with Gasteiger partial charge >= 0.3 is 0 Å². The van der Waals surface area contributed by atoms with Gasteiger partial charge in [0.05, 0.1) is 18.5 Å². The number of ether oxygens (including phenoxy) is 2. The Bertz CT molecular complexity index is 1290. The highest BCUT2D eigenvalue weighted by Gasteiger charge is 2.36. The molecule has 0 saturated heterocycles. The van der Waals surface area contributed by atoms with Gasteiger partial charge in [-0.1, -0.05) is 23.2 Å². The maximum atomic E-state index is 13.6. The molecule has 0 radical (unpaired) electrons. The molecule has 2 heterocycles. The fraction of sp³-hybridized carbons (Fsp3) is 0.385. The maximum Gasteiger partial charge on any atom is 0.274 e. The highest BCUT2D eigenvalue weighted by atomic mass is 35.5. The number of hydrogen-bond donors (Lipinski definition) is 0. The summed E-state index contributed by atoms with van der Waals surface area (Å²) in [5, 5.41) is 5.79. The fourth-order valence-electron chi connectivity index (χ4n) is 4.27. The van der Waals surface area contributed by atoms with Crippen molar-refractivity contribution in [2.75, 3.05) is 14.2 Å². The number of carbonyl (C=O) groups is 1. The van der Waals surface area contributed by atoms with E-state index in [4.69, 9.17) is 37.8 Å². The number of halogens is 2. The van der Waals surface area contributed by atoms with E-state index in [2.05, 4.69) is 6.07 Å². The first kappa shape index (κ1) is 23.1. The number of carbonyl (C=O) groups excluding carboxylic acids is 1. The van der Waals surface area contributed by atoms with Gasteiger partial charge in [0.1, 0.15) is 18.1 Å². The van der Waals surface area contributed by atoms with Crippen LogP contribution in [0.15, 0.2) is 30.3 Å². The first-order chi connectivity index (χ1) is 16.1. The van der Waals surface area contributed by atoms with Gasteiger partial charge in [-0.3, -0.25) is 4.79 Å². The Hall–Kier alpha value is -2.70. The van der Waals surface area contributed by atoms with Gasteiger partial charge in [-0.2, -0.15) is 5.10 Å². The summed E-state index contributed by atoms with van der Waals surface area (Å²) in [7, 11) is 3.47. The molecule has 6 nitrogen and oxygen atoms in total. The lowest BCUT2D eigenvalue weighted by molar-refractivity contribution is 0.0646. The molecule has 0 spiro atoms. The Morgan fingerprint density at radius 2 is 1.82 bits per heavy atom. The van der Waals surface area contributed by atoms with Crippen LogP contribution < -0.4 is 9.47 Å². The molecular weight excluding hydrogens is 473 g/mol. The second-order valence-electron chi connectivity index (χ2n) is 9.90. The van der Waals surface area contributed by atoms with Crippen molar-refractivity contribution >= 4 is 29.1 Å². The number of benzene rings is 2. The van der Waals surface area contributed by atoms with Crippen molar-refractivity contribution in [2.45, 2.75) is 51.7 Å². The van der Waals surface area contributed by atoms with Crippen molar-refractivity contribution in [3.63, 3.8) is 0 Å². The largest absolute Gasteiger partial charge is 0.496 e. The standard InChI is InChI=1S/C26H27Cl2N3O3/c1-26(2,3)30(4)25(32)23-20-13-34-22-12-21(33-5)18(14-6-7-14)11-19(22)24(20)31(29-23)17-9-15(27)8-16(28)10-17/h8-12,14H,6-7,13H2,1-5H3. The lowest BCUT2D eigenvalue weighted by Crippen LogP contribution is -2.43. The van der Waals surface area contributed by atoms with Crippen LogP contribution in [0.25, 0.3) is 16.9 Å². The van der Waals surface area contributed by atoms with Crippen LogP contribution in [0.2, 0.25) is 10.0 Å². The SMILES string of the molecule is COc1cc2c(cc1C1CC1)-c1c(c(C(=O)N(C)C(C)(C)C)nn1-c1cc(Cl)cc(Cl)c1)CO2. The van der Waals surface area contributed by atoms with Crippen LogP contribution in [0.1, 0.15) is 61.1 Å². The molecule has 1 fully saturated rings. The molecule has 2 aromatic carbocycles. The number of methoxy groups -OCH3 is 1. The minimum Gasteiger partial charge on any atom is -0.496 e. The fourth-order valence-corrected chi connectivity index (χ4v) is 4.78. The van der Waals surface area contributed by atoms with Crippen LogP contribution in [0.3, 0.4) is 0 Å². The first-order valence-corrected chi connectivity index (χ1v) is 12.1. The van der Waals surface area contributed by atoms with Gasteiger partial charge < -0.3 is 14.4 Å². The third kappa shape index (κ3) is 3.93. The van der Waals surface area contributed by atoms with Gasteiger partial charge in [0.15, 0.2) is 5.69 Å². The molecule has 1 amide bonds. The molecular formula is C26H27Cl2N3O3. The molecule has 8 heteroatoms.